The van der Waals surface area contributed by atoms with Gasteiger partial charge in [-0.05, 0) is 0 Å². The van der Waals surface area contributed by atoms with Crippen LogP contribution in [0.4, 0.5) is 0 Å². The SMILES string of the molecule is CC1C#CCN(S(C)(=O)=O)C1. The van der Waals surface area contributed by atoms with Crippen LogP contribution in [-0.4, -0.2) is 32.1 Å². The van der Waals surface area contributed by atoms with Crippen LogP contribution in [0.15, 0.2) is 0 Å². The van der Waals surface area contributed by atoms with Crippen molar-refractivity contribution in [2.45, 2.75) is 6.92 Å². The van der Waals surface area contributed by atoms with Crippen LogP contribution in [0.2, 0.25) is 0 Å². The second-order valence-electron chi connectivity index (χ2n) is 2.78. The fraction of sp³-hybridized carbons (Fsp3) is 0.714. The highest BCUT2D eigenvalue weighted by molar-refractivity contribution is 7.88. The maximum absolute atomic E-state index is 11.0. The Hall–Kier alpha value is -0.530. The summed E-state index contributed by atoms with van der Waals surface area (Å²) in [6.07, 6.45) is 1.21. The summed E-state index contributed by atoms with van der Waals surface area (Å²) in [5.41, 5.74) is 0. The lowest BCUT2D eigenvalue weighted by molar-refractivity contribution is 0.413. The van der Waals surface area contributed by atoms with Crippen molar-refractivity contribution >= 4 is 10.0 Å². The van der Waals surface area contributed by atoms with Gasteiger partial charge < -0.3 is 0 Å². The molecule has 0 aliphatic carbocycles. The van der Waals surface area contributed by atoms with Crippen molar-refractivity contribution in [2.24, 2.45) is 5.92 Å². The Kier molecular flexibility index (Phi) is 2.21. The van der Waals surface area contributed by atoms with Crippen molar-refractivity contribution in [3.05, 3.63) is 0 Å². The molecule has 62 valence electrons. The Bertz CT molecular complexity index is 296. The highest BCUT2D eigenvalue weighted by atomic mass is 32.2. The number of rotatable bonds is 1. The average Bonchev–Trinajstić information content (AvgIpc) is 1.86. The molecule has 0 saturated carbocycles. The molecular formula is C7H11NO2S. The molecule has 0 spiro atoms. The van der Waals surface area contributed by atoms with E-state index in [0.29, 0.717) is 13.1 Å². The molecule has 11 heavy (non-hydrogen) atoms. The first-order valence-electron chi connectivity index (χ1n) is 3.43. The molecule has 0 aromatic carbocycles. The molecule has 1 aliphatic rings. The minimum atomic E-state index is -3.03. The molecule has 3 nitrogen and oxygen atoms in total. The van der Waals surface area contributed by atoms with Crippen molar-refractivity contribution in [1.29, 1.82) is 0 Å². The molecule has 1 aliphatic heterocycles. The maximum atomic E-state index is 11.0. The Morgan fingerprint density at radius 2 is 2.18 bits per heavy atom. The number of hydrogen-bond donors (Lipinski definition) is 0. The van der Waals surface area contributed by atoms with Crippen molar-refractivity contribution < 1.29 is 8.42 Å². The fourth-order valence-corrected chi connectivity index (χ4v) is 1.77. The van der Waals surface area contributed by atoms with Gasteiger partial charge in [-0.1, -0.05) is 18.8 Å². The Balaban J connectivity index is 2.76. The van der Waals surface area contributed by atoms with Gasteiger partial charge in [0.25, 0.3) is 0 Å². The van der Waals surface area contributed by atoms with E-state index in [1.165, 1.54) is 10.6 Å². The molecule has 1 heterocycles. The lowest BCUT2D eigenvalue weighted by Crippen LogP contribution is -2.36. The number of nitrogens with zero attached hydrogens (tertiary/aromatic N) is 1. The van der Waals surface area contributed by atoms with E-state index in [-0.39, 0.29) is 5.92 Å². The third-order valence-electron chi connectivity index (χ3n) is 1.55. The van der Waals surface area contributed by atoms with Gasteiger partial charge in [-0.2, -0.15) is 4.31 Å². The van der Waals surface area contributed by atoms with Crippen molar-refractivity contribution in [2.75, 3.05) is 19.3 Å². The monoisotopic (exact) mass is 173 g/mol. The molecule has 0 aromatic rings. The lowest BCUT2D eigenvalue weighted by Gasteiger charge is -2.21. The molecule has 0 fully saturated rings. The Morgan fingerprint density at radius 3 is 2.55 bits per heavy atom. The fourth-order valence-electron chi connectivity index (χ4n) is 0.976. The van der Waals surface area contributed by atoms with Gasteiger partial charge in [0, 0.05) is 12.5 Å². The zero-order valence-corrected chi connectivity index (χ0v) is 7.48. The molecule has 1 rings (SSSR count). The Morgan fingerprint density at radius 1 is 1.55 bits per heavy atom. The van der Waals surface area contributed by atoms with E-state index in [9.17, 15) is 8.42 Å². The minimum Gasteiger partial charge on any atom is -0.212 e. The van der Waals surface area contributed by atoms with E-state index in [2.05, 4.69) is 11.8 Å². The van der Waals surface area contributed by atoms with Gasteiger partial charge in [0.2, 0.25) is 10.0 Å². The summed E-state index contributed by atoms with van der Waals surface area (Å²) in [5.74, 6) is 5.88. The summed E-state index contributed by atoms with van der Waals surface area (Å²) in [6.45, 7) is 2.80. The highest BCUT2D eigenvalue weighted by Gasteiger charge is 2.19. The van der Waals surface area contributed by atoms with Crippen LogP contribution in [0.1, 0.15) is 6.92 Å². The molecule has 4 heteroatoms. The molecule has 0 radical (unpaired) electrons. The second kappa shape index (κ2) is 2.84. The van der Waals surface area contributed by atoms with Crippen LogP contribution < -0.4 is 0 Å². The van der Waals surface area contributed by atoms with E-state index in [1.807, 2.05) is 6.92 Å². The van der Waals surface area contributed by atoms with Crippen molar-refractivity contribution in [1.82, 2.24) is 4.31 Å². The largest absolute Gasteiger partial charge is 0.212 e. The normalized spacial score (nSPS) is 25.8. The predicted octanol–water partition coefficient (Wildman–Crippen LogP) is -0.0989. The van der Waals surface area contributed by atoms with Crippen molar-refractivity contribution in [3.63, 3.8) is 0 Å². The summed E-state index contributed by atoms with van der Waals surface area (Å²) in [5, 5.41) is 0. The summed E-state index contributed by atoms with van der Waals surface area (Å²) in [6, 6.07) is 0. The number of sulfonamides is 1. The van der Waals surface area contributed by atoms with Gasteiger partial charge in [-0.15, -0.1) is 0 Å². The van der Waals surface area contributed by atoms with Gasteiger partial charge in [-0.25, -0.2) is 8.42 Å². The second-order valence-corrected chi connectivity index (χ2v) is 4.76. The van der Waals surface area contributed by atoms with E-state index in [0.717, 1.165) is 0 Å². The van der Waals surface area contributed by atoms with Gasteiger partial charge in [0.05, 0.1) is 12.8 Å². The van der Waals surface area contributed by atoms with Gasteiger partial charge >= 0.3 is 0 Å². The summed E-state index contributed by atoms with van der Waals surface area (Å²) in [4.78, 5) is 0. The molecular weight excluding hydrogens is 162 g/mol. The Labute approximate surface area is 67.4 Å². The van der Waals surface area contributed by atoms with Crippen LogP contribution in [0.3, 0.4) is 0 Å². The smallest absolute Gasteiger partial charge is 0.212 e. The van der Waals surface area contributed by atoms with Crippen LogP contribution in [0, 0.1) is 17.8 Å². The third-order valence-corrected chi connectivity index (χ3v) is 2.77. The van der Waals surface area contributed by atoms with E-state index in [1.54, 1.807) is 0 Å². The molecule has 0 bridgehead atoms. The van der Waals surface area contributed by atoms with Crippen LogP contribution in [0.25, 0.3) is 0 Å². The highest BCUT2D eigenvalue weighted by Crippen LogP contribution is 2.06. The topological polar surface area (TPSA) is 37.4 Å². The summed E-state index contributed by atoms with van der Waals surface area (Å²) >= 11 is 0. The van der Waals surface area contributed by atoms with E-state index < -0.39 is 10.0 Å². The van der Waals surface area contributed by atoms with Crippen molar-refractivity contribution in [3.8, 4) is 11.8 Å². The first-order valence-corrected chi connectivity index (χ1v) is 5.28. The van der Waals surface area contributed by atoms with Gasteiger partial charge in [0.1, 0.15) is 0 Å². The standard InChI is InChI=1S/C7H11NO2S/c1-7-4-3-5-8(6-7)11(2,9)10/h7H,5-6H2,1-2H3. The first kappa shape index (κ1) is 8.57. The average molecular weight is 173 g/mol. The molecule has 0 N–H and O–H groups in total. The minimum absolute atomic E-state index is 0.165. The van der Waals surface area contributed by atoms with E-state index in [4.69, 9.17) is 0 Å². The van der Waals surface area contributed by atoms with Crippen LogP contribution >= 0.6 is 0 Å². The van der Waals surface area contributed by atoms with E-state index >= 15 is 0 Å². The van der Waals surface area contributed by atoms with Gasteiger partial charge in [-0.3, -0.25) is 0 Å². The molecule has 1 unspecified atom stereocenters. The molecule has 0 amide bonds. The summed E-state index contributed by atoms with van der Waals surface area (Å²) in [7, 11) is -3.03. The predicted molar refractivity (Wildman–Crippen MR) is 43.4 cm³/mol. The third kappa shape index (κ3) is 2.21. The maximum Gasteiger partial charge on any atom is 0.212 e. The lowest BCUT2D eigenvalue weighted by atomic mass is 10.1. The zero-order chi connectivity index (χ0) is 8.48. The molecule has 1 atom stereocenters. The first-order chi connectivity index (χ1) is 5.00. The summed E-state index contributed by atoms with van der Waals surface area (Å²) < 4.78 is 23.4. The van der Waals surface area contributed by atoms with Crippen LogP contribution in [0.5, 0.6) is 0 Å². The molecule has 0 saturated heterocycles. The quantitative estimate of drug-likeness (QED) is 0.519. The van der Waals surface area contributed by atoms with Gasteiger partial charge in [0.15, 0.2) is 0 Å². The van der Waals surface area contributed by atoms with Crippen LogP contribution in [-0.2, 0) is 10.0 Å². The molecule has 0 aromatic heterocycles. The zero-order valence-electron chi connectivity index (χ0n) is 6.66. The number of hydrogen-bond acceptors (Lipinski definition) is 2.